The molecule has 27 heavy (non-hydrogen) atoms. The predicted molar refractivity (Wildman–Crippen MR) is 95.5 cm³/mol. The molecule has 1 aliphatic heterocycles. The minimum absolute atomic E-state index is 0.150. The van der Waals surface area contributed by atoms with Crippen molar-refractivity contribution in [1.82, 2.24) is 9.97 Å². The second kappa shape index (κ2) is 6.99. The lowest BCUT2D eigenvalue weighted by Crippen LogP contribution is -2.33. The predicted octanol–water partition coefficient (Wildman–Crippen LogP) is 2.11. The Bertz CT molecular complexity index is 957. The van der Waals surface area contributed by atoms with Crippen LogP contribution < -0.4 is 16.0 Å². The zero-order chi connectivity index (χ0) is 19.6. The lowest BCUT2D eigenvalue weighted by molar-refractivity contribution is -0.123. The Kier molecular flexibility index (Phi) is 4.73. The van der Waals surface area contributed by atoms with Crippen LogP contribution in [0, 0.1) is 22.6 Å². The van der Waals surface area contributed by atoms with Crippen molar-refractivity contribution in [3.05, 3.63) is 41.8 Å². The molecule has 8 nitrogen and oxygen atoms in total. The number of primary amides is 1. The van der Waals surface area contributed by atoms with Gasteiger partial charge in [0.15, 0.2) is 0 Å². The highest BCUT2D eigenvalue weighted by Crippen LogP contribution is 2.36. The number of nitriles is 1. The molecule has 1 fully saturated rings. The summed E-state index contributed by atoms with van der Waals surface area (Å²) in [6.07, 6.45) is 2.33. The van der Waals surface area contributed by atoms with Crippen molar-refractivity contribution in [3.63, 3.8) is 0 Å². The maximum atomic E-state index is 13.9. The van der Waals surface area contributed by atoms with E-state index in [9.17, 15) is 19.2 Å². The quantitative estimate of drug-likeness (QED) is 0.833. The number of carbonyl (C=O) groups excluding carboxylic acids is 2. The van der Waals surface area contributed by atoms with E-state index < -0.39 is 17.1 Å². The molecule has 3 rings (SSSR count). The molecule has 1 saturated heterocycles. The minimum atomic E-state index is -1.02. The van der Waals surface area contributed by atoms with E-state index in [0.717, 1.165) is 6.07 Å². The van der Waals surface area contributed by atoms with E-state index in [4.69, 9.17) is 5.73 Å². The molecule has 0 spiro atoms. The lowest BCUT2D eigenvalue weighted by Gasteiger charge is -2.19. The lowest BCUT2D eigenvalue weighted by atomic mass is 9.85. The van der Waals surface area contributed by atoms with Gasteiger partial charge in [-0.05, 0) is 37.1 Å². The Balaban J connectivity index is 1.83. The molecule has 2 heterocycles. The van der Waals surface area contributed by atoms with Gasteiger partial charge in [-0.3, -0.25) is 14.5 Å². The van der Waals surface area contributed by atoms with Crippen molar-refractivity contribution in [2.45, 2.75) is 19.8 Å². The smallest absolute Gasteiger partial charge is 0.251 e. The SMILES string of the molecule is CC[C@]1(C#N)CCN(c2ccnc(Nc3ccc(C(N)=O)c(F)c3)n2)C1=O. The van der Waals surface area contributed by atoms with Crippen LogP contribution >= 0.6 is 0 Å². The second-order valence-corrected chi connectivity index (χ2v) is 6.18. The Labute approximate surface area is 154 Å². The number of amides is 2. The molecular formula is C18H17FN6O2. The van der Waals surface area contributed by atoms with Crippen LogP contribution in [0.5, 0.6) is 0 Å². The topological polar surface area (TPSA) is 125 Å². The van der Waals surface area contributed by atoms with E-state index in [2.05, 4.69) is 21.4 Å². The third kappa shape index (κ3) is 3.29. The highest BCUT2D eigenvalue weighted by Gasteiger charge is 2.46. The minimum Gasteiger partial charge on any atom is -0.366 e. The monoisotopic (exact) mass is 368 g/mol. The third-order valence-corrected chi connectivity index (χ3v) is 4.64. The van der Waals surface area contributed by atoms with Gasteiger partial charge in [0.05, 0.1) is 11.6 Å². The average Bonchev–Trinajstić information content (AvgIpc) is 2.98. The molecule has 0 unspecified atom stereocenters. The normalized spacial score (nSPS) is 19.0. The van der Waals surface area contributed by atoms with Crippen LogP contribution in [0.3, 0.4) is 0 Å². The van der Waals surface area contributed by atoms with Crippen molar-refractivity contribution >= 4 is 29.3 Å². The van der Waals surface area contributed by atoms with E-state index in [0.29, 0.717) is 30.9 Å². The van der Waals surface area contributed by atoms with Crippen LogP contribution in [-0.2, 0) is 4.79 Å². The molecule has 1 aromatic heterocycles. The van der Waals surface area contributed by atoms with Crippen molar-refractivity contribution in [3.8, 4) is 6.07 Å². The maximum absolute atomic E-state index is 13.9. The highest BCUT2D eigenvalue weighted by atomic mass is 19.1. The summed E-state index contributed by atoms with van der Waals surface area (Å²) in [4.78, 5) is 33.5. The van der Waals surface area contributed by atoms with Gasteiger partial charge in [-0.2, -0.15) is 10.2 Å². The number of rotatable bonds is 5. The Hall–Kier alpha value is -3.54. The fourth-order valence-electron chi connectivity index (χ4n) is 2.98. The second-order valence-electron chi connectivity index (χ2n) is 6.18. The molecule has 138 valence electrons. The fraction of sp³-hybridized carbons (Fsp3) is 0.278. The van der Waals surface area contributed by atoms with Crippen LogP contribution in [-0.4, -0.2) is 28.3 Å². The summed E-state index contributed by atoms with van der Waals surface area (Å²) in [5, 5.41) is 12.2. The van der Waals surface area contributed by atoms with Crippen LogP contribution in [0.2, 0.25) is 0 Å². The number of aromatic nitrogens is 2. The molecule has 3 N–H and O–H groups in total. The first-order valence-electron chi connectivity index (χ1n) is 8.33. The number of carbonyl (C=O) groups is 2. The summed E-state index contributed by atoms with van der Waals surface area (Å²) >= 11 is 0. The standard InChI is InChI=1S/C18H17FN6O2/c1-2-18(10-20)6-8-25(16(18)27)14-5-7-22-17(24-14)23-11-3-4-12(15(21)26)13(19)9-11/h3-5,7,9H,2,6,8H2,1H3,(H2,21,26)(H,22,23,24)/t18-/m1/s1. The van der Waals surface area contributed by atoms with Crippen LogP contribution in [0.4, 0.5) is 21.8 Å². The van der Waals surface area contributed by atoms with E-state index in [1.807, 2.05) is 6.92 Å². The molecule has 2 aromatic rings. The highest BCUT2D eigenvalue weighted by molar-refractivity contribution is 6.01. The van der Waals surface area contributed by atoms with E-state index in [1.165, 1.54) is 23.2 Å². The van der Waals surface area contributed by atoms with Crippen molar-refractivity contribution in [1.29, 1.82) is 5.26 Å². The molecule has 9 heteroatoms. The van der Waals surface area contributed by atoms with Crippen molar-refractivity contribution < 1.29 is 14.0 Å². The molecule has 2 amide bonds. The number of anilines is 3. The number of hydrogen-bond donors (Lipinski definition) is 2. The Morgan fingerprint density at radius 1 is 1.48 bits per heavy atom. The van der Waals surface area contributed by atoms with E-state index in [1.54, 1.807) is 6.07 Å². The molecule has 0 radical (unpaired) electrons. The summed E-state index contributed by atoms with van der Waals surface area (Å²) in [6.45, 7) is 2.19. The van der Waals surface area contributed by atoms with Gasteiger partial charge in [-0.15, -0.1) is 0 Å². The van der Waals surface area contributed by atoms with Gasteiger partial charge in [-0.25, -0.2) is 9.37 Å². The molecule has 0 aliphatic carbocycles. The molecule has 0 saturated carbocycles. The number of nitrogens with two attached hydrogens (primary N) is 1. The van der Waals surface area contributed by atoms with Gasteiger partial charge in [0.2, 0.25) is 11.9 Å². The molecule has 0 bridgehead atoms. The summed E-state index contributed by atoms with van der Waals surface area (Å²) in [7, 11) is 0. The summed E-state index contributed by atoms with van der Waals surface area (Å²) < 4.78 is 13.9. The Morgan fingerprint density at radius 3 is 2.85 bits per heavy atom. The summed E-state index contributed by atoms with van der Waals surface area (Å²) in [5.74, 6) is -1.40. The van der Waals surface area contributed by atoms with Gasteiger partial charge in [-0.1, -0.05) is 6.92 Å². The average molecular weight is 368 g/mol. The molecule has 1 aromatic carbocycles. The first-order valence-corrected chi connectivity index (χ1v) is 8.33. The van der Waals surface area contributed by atoms with Crippen LogP contribution in [0.15, 0.2) is 30.5 Å². The number of benzene rings is 1. The zero-order valence-corrected chi connectivity index (χ0v) is 14.6. The number of nitrogens with one attached hydrogen (secondary N) is 1. The summed E-state index contributed by atoms with van der Waals surface area (Å²) in [5.41, 5.74) is 4.16. The largest absolute Gasteiger partial charge is 0.366 e. The van der Waals surface area contributed by atoms with E-state index >= 15 is 0 Å². The number of halogens is 1. The van der Waals surface area contributed by atoms with Gasteiger partial charge in [0, 0.05) is 18.4 Å². The van der Waals surface area contributed by atoms with Crippen molar-refractivity contribution in [2.75, 3.05) is 16.8 Å². The molecule has 1 aliphatic rings. The van der Waals surface area contributed by atoms with Gasteiger partial charge in [0.25, 0.3) is 5.91 Å². The van der Waals surface area contributed by atoms with Gasteiger partial charge in [0.1, 0.15) is 17.1 Å². The maximum Gasteiger partial charge on any atom is 0.251 e. The third-order valence-electron chi connectivity index (χ3n) is 4.64. The first-order chi connectivity index (χ1) is 12.9. The summed E-state index contributed by atoms with van der Waals surface area (Å²) in [6, 6.07) is 7.53. The Morgan fingerprint density at radius 2 is 2.26 bits per heavy atom. The fourth-order valence-corrected chi connectivity index (χ4v) is 2.98. The first kappa shape index (κ1) is 18.3. The zero-order valence-electron chi connectivity index (χ0n) is 14.6. The molecule has 1 atom stereocenters. The van der Waals surface area contributed by atoms with E-state index in [-0.39, 0.29) is 17.4 Å². The van der Waals surface area contributed by atoms with Crippen molar-refractivity contribution in [2.24, 2.45) is 11.1 Å². The number of hydrogen-bond acceptors (Lipinski definition) is 6. The van der Waals surface area contributed by atoms with Gasteiger partial charge < -0.3 is 11.1 Å². The molecular weight excluding hydrogens is 351 g/mol. The van der Waals surface area contributed by atoms with Crippen LogP contribution in [0.1, 0.15) is 30.1 Å². The number of nitrogens with zero attached hydrogens (tertiary/aromatic N) is 4. The van der Waals surface area contributed by atoms with Gasteiger partial charge >= 0.3 is 0 Å². The van der Waals surface area contributed by atoms with Crippen LogP contribution in [0.25, 0.3) is 0 Å².